The Hall–Kier alpha value is -0.780. The average molecular weight is 355 g/mol. The first-order chi connectivity index (χ1) is 12.8. The summed E-state index contributed by atoms with van der Waals surface area (Å²) in [6.07, 6.45) is 21.4. The molecule has 0 bridgehead atoms. The Kier molecular flexibility index (Phi) is 8.08. The molecule has 1 unspecified atom stereocenters. The fourth-order valence-corrected chi connectivity index (χ4v) is 5.58. The van der Waals surface area contributed by atoms with Crippen LogP contribution in [0.3, 0.4) is 0 Å². The number of rotatable bonds is 9. The van der Waals surface area contributed by atoms with Crippen LogP contribution in [-0.4, -0.2) is 0 Å². The maximum Gasteiger partial charge on any atom is -0.0162 e. The number of benzene rings is 1. The van der Waals surface area contributed by atoms with Crippen LogP contribution in [0.2, 0.25) is 0 Å². The summed E-state index contributed by atoms with van der Waals surface area (Å²) in [7, 11) is 0. The van der Waals surface area contributed by atoms with Gasteiger partial charge in [0, 0.05) is 0 Å². The lowest BCUT2D eigenvalue weighted by Gasteiger charge is -2.30. The lowest BCUT2D eigenvalue weighted by Crippen LogP contribution is -2.16. The summed E-state index contributed by atoms with van der Waals surface area (Å²) in [5, 5.41) is 0. The van der Waals surface area contributed by atoms with Crippen LogP contribution in [0.5, 0.6) is 0 Å². The smallest absolute Gasteiger partial charge is 0.0162 e. The van der Waals surface area contributed by atoms with Crippen molar-refractivity contribution in [2.45, 2.75) is 116 Å². The first kappa shape index (κ1) is 20.0. The maximum absolute atomic E-state index is 2.61. The molecule has 1 atom stereocenters. The van der Waals surface area contributed by atoms with Crippen molar-refractivity contribution in [1.29, 1.82) is 0 Å². The maximum atomic E-state index is 2.61. The summed E-state index contributed by atoms with van der Waals surface area (Å²) in [6.45, 7) is 4.65. The van der Waals surface area contributed by atoms with E-state index in [-0.39, 0.29) is 0 Å². The Morgan fingerprint density at radius 1 is 0.731 bits per heavy atom. The van der Waals surface area contributed by atoms with Gasteiger partial charge < -0.3 is 0 Å². The topological polar surface area (TPSA) is 0 Å². The second-order valence-corrected chi connectivity index (χ2v) is 9.35. The van der Waals surface area contributed by atoms with E-state index in [0.717, 1.165) is 17.8 Å². The SMILES string of the molecule is CCCCCCCC1CCc2cc([C@H]3CC[C@H](CCC)CC3)ccc2C1. The molecule has 3 rings (SSSR count). The van der Waals surface area contributed by atoms with E-state index in [1.807, 2.05) is 0 Å². The van der Waals surface area contributed by atoms with Gasteiger partial charge in [-0.2, -0.15) is 0 Å². The molecule has 1 aromatic carbocycles. The van der Waals surface area contributed by atoms with E-state index in [1.165, 1.54) is 96.3 Å². The van der Waals surface area contributed by atoms with Gasteiger partial charge in [0.2, 0.25) is 0 Å². The minimum Gasteiger partial charge on any atom is -0.0654 e. The van der Waals surface area contributed by atoms with Crippen LogP contribution in [0.4, 0.5) is 0 Å². The van der Waals surface area contributed by atoms with Crippen molar-refractivity contribution in [3.05, 3.63) is 34.9 Å². The molecule has 26 heavy (non-hydrogen) atoms. The largest absolute Gasteiger partial charge is 0.0654 e. The first-order valence-electron chi connectivity index (χ1n) is 11.9. The van der Waals surface area contributed by atoms with E-state index in [1.54, 1.807) is 16.7 Å². The fraction of sp³-hybridized carbons (Fsp3) is 0.769. The molecule has 0 saturated heterocycles. The quantitative estimate of drug-likeness (QED) is 0.392. The molecule has 0 spiro atoms. The van der Waals surface area contributed by atoms with E-state index >= 15 is 0 Å². The predicted molar refractivity (Wildman–Crippen MR) is 115 cm³/mol. The zero-order valence-electron chi connectivity index (χ0n) is 17.6. The molecule has 0 radical (unpaired) electrons. The highest BCUT2D eigenvalue weighted by Crippen LogP contribution is 2.39. The third kappa shape index (κ3) is 5.61. The summed E-state index contributed by atoms with van der Waals surface area (Å²) < 4.78 is 0. The molecule has 0 heterocycles. The summed E-state index contributed by atoms with van der Waals surface area (Å²) in [5.74, 6) is 2.83. The highest BCUT2D eigenvalue weighted by atomic mass is 14.3. The summed E-state index contributed by atoms with van der Waals surface area (Å²) in [6, 6.07) is 7.61. The third-order valence-corrected chi connectivity index (χ3v) is 7.29. The normalized spacial score (nSPS) is 25.8. The number of fused-ring (bicyclic) bond motifs is 1. The zero-order valence-corrected chi connectivity index (χ0v) is 17.6. The zero-order chi connectivity index (χ0) is 18.2. The van der Waals surface area contributed by atoms with Crippen LogP contribution in [0.1, 0.15) is 120 Å². The average Bonchev–Trinajstić information content (AvgIpc) is 2.68. The van der Waals surface area contributed by atoms with Gasteiger partial charge in [0.25, 0.3) is 0 Å². The molecule has 0 heteroatoms. The Bertz CT molecular complexity index is 521. The van der Waals surface area contributed by atoms with E-state index < -0.39 is 0 Å². The Morgan fingerprint density at radius 2 is 1.54 bits per heavy atom. The van der Waals surface area contributed by atoms with Crippen LogP contribution in [0, 0.1) is 11.8 Å². The van der Waals surface area contributed by atoms with Crippen molar-refractivity contribution in [3.63, 3.8) is 0 Å². The van der Waals surface area contributed by atoms with Gasteiger partial charge in [-0.3, -0.25) is 0 Å². The lowest BCUT2D eigenvalue weighted by atomic mass is 9.75. The Morgan fingerprint density at radius 3 is 2.31 bits per heavy atom. The molecule has 2 aliphatic carbocycles. The molecule has 146 valence electrons. The second-order valence-electron chi connectivity index (χ2n) is 9.35. The van der Waals surface area contributed by atoms with Gasteiger partial charge in [0.1, 0.15) is 0 Å². The first-order valence-corrected chi connectivity index (χ1v) is 11.9. The summed E-state index contributed by atoms with van der Waals surface area (Å²) in [5.41, 5.74) is 5.04. The number of unbranched alkanes of at least 4 members (excludes halogenated alkanes) is 4. The van der Waals surface area contributed by atoms with Crippen LogP contribution in [-0.2, 0) is 12.8 Å². The standard InChI is InChI=1S/C26H42/c1-3-5-6-7-8-10-22-13-16-26-20-25(18-17-24(26)19-22)23-14-11-21(9-4-2)12-15-23/h17-18,20-23H,3-16,19H2,1-2H3/t21-,22?,23-. The molecule has 0 N–H and O–H groups in total. The van der Waals surface area contributed by atoms with Gasteiger partial charge in [0.15, 0.2) is 0 Å². The van der Waals surface area contributed by atoms with E-state index in [2.05, 4.69) is 32.0 Å². The van der Waals surface area contributed by atoms with Crippen molar-refractivity contribution in [2.24, 2.45) is 11.8 Å². The summed E-state index contributed by atoms with van der Waals surface area (Å²) >= 11 is 0. The third-order valence-electron chi connectivity index (χ3n) is 7.29. The van der Waals surface area contributed by atoms with Crippen molar-refractivity contribution >= 4 is 0 Å². The van der Waals surface area contributed by atoms with Crippen molar-refractivity contribution in [3.8, 4) is 0 Å². The molecule has 0 aromatic heterocycles. The van der Waals surface area contributed by atoms with Gasteiger partial charge in [-0.05, 0) is 79.4 Å². The summed E-state index contributed by atoms with van der Waals surface area (Å²) in [4.78, 5) is 0. The predicted octanol–water partition coefficient (Wildman–Crippen LogP) is 8.23. The second kappa shape index (κ2) is 10.5. The highest BCUT2D eigenvalue weighted by Gasteiger charge is 2.24. The number of aryl methyl sites for hydroxylation is 1. The fourth-order valence-electron chi connectivity index (χ4n) is 5.58. The van der Waals surface area contributed by atoms with E-state index in [4.69, 9.17) is 0 Å². The molecule has 0 aliphatic heterocycles. The monoisotopic (exact) mass is 354 g/mol. The highest BCUT2D eigenvalue weighted by molar-refractivity contribution is 5.36. The van der Waals surface area contributed by atoms with Gasteiger partial charge in [-0.1, -0.05) is 83.4 Å². The molecule has 1 saturated carbocycles. The minimum absolute atomic E-state index is 0.852. The van der Waals surface area contributed by atoms with Crippen LogP contribution >= 0.6 is 0 Å². The van der Waals surface area contributed by atoms with Gasteiger partial charge >= 0.3 is 0 Å². The molecular formula is C26H42. The van der Waals surface area contributed by atoms with Crippen LogP contribution in [0.15, 0.2) is 18.2 Å². The molecule has 0 amide bonds. The number of hydrogen-bond acceptors (Lipinski definition) is 0. The van der Waals surface area contributed by atoms with Gasteiger partial charge in [-0.25, -0.2) is 0 Å². The Balaban J connectivity index is 1.48. The van der Waals surface area contributed by atoms with E-state index in [9.17, 15) is 0 Å². The molecule has 1 aromatic rings. The molecule has 0 nitrogen and oxygen atoms in total. The minimum atomic E-state index is 0.852. The number of hydrogen-bond donors (Lipinski definition) is 0. The molecule has 2 aliphatic rings. The van der Waals surface area contributed by atoms with Crippen molar-refractivity contribution < 1.29 is 0 Å². The van der Waals surface area contributed by atoms with Crippen LogP contribution < -0.4 is 0 Å². The van der Waals surface area contributed by atoms with Crippen molar-refractivity contribution in [1.82, 2.24) is 0 Å². The molecular weight excluding hydrogens is 312 g/mol. The van der Waals surface area contributed by atoms with Gasteiger partial charge in [-0.15, -0.1) is 0 Å². The van der Waals surface area contributed by atoms with E-state index in [0.29, 0.717) is 0 Å². The lowest BCUT2D eigenvalue weighted by molar-refractivity contribution is 0.308. The Labute approximate surface area is 163 Å². The van der Waals surface area contributed by atoms with Gasteiger partial charge in [0.05, 0.1) is 0 Å². The van der Waals surface area contributed by atoms with Crippen LogP contribution in [0.25, 0.3) is 0 Å². The molecule has 1 fully saturated rings. The van der Waals surface area contributed by atoms with Crippen molar-refractivity contribution in [2.75, 3.05) is 0 Å².